The quantitative estimate of drug-likeness (QED) is 0.905. The van der Waals surface area contributed by atoms with Gasteiger partial charge in [-0.25, -0.2) is 4.79 Å². The van der Waals surface area contributed by atoms with Crippen molar-refractivity contribution in [3.05, 3.63) is 53.6 Å². The molecular formula is C20H21N3O3. The highest BCUT2D eigenvalue weighted by Crippen LogP contribution is 2.39. The van der Waals surface area contributed by atoms with Crippen molar-refractivity contribution in [3.8, 4) is 17.6 Å². The SMILES string of the molecule is COc1ccc(C2CCCN2C(=O)Nc2ccccc2C#N)c(OC)c1. The summed E-state index contributed by atoms with van der Waals surface area (Å²) in [7, 11) is 3.22. The summed E-state index contributed by atoms with van der Waals surface area (Å²) in [5, 5.41) is 12.1. The van der Waals surface area contributed by atoms with E-state index in [4.69, 9.17) is 9.47 Å². The molecule has 0 radical (unpaired) electrons. The average molecular weight is 351 g/mol. The molecule has 1 atom stereocenters. The molecule has 2 aromatic rings. The van der Waals surface area contributed by atoms with Crippen molar-refractivity contribution >= 4 is 11.7 Å². The number of nitrogens with one attached hydrogen (secondary N) is 1. The van der Waals surface area contributed by atoms with Crippen LogP contribution in [0.25, 0.3) is 0 Å². The van der Waals surface area contributed by atoms with Gasteiger partial charge in [0, 0.05) is 18.2 Å². The van der Waals surface area contributed by atoms with E-state index in [1.54, 1.807) is 43.4 Å². The number of anilines is 1. The first-order chi connectivity index (χ1) is 12.7. The Morgan fingerprint density at radius 2 is 2.04 bits per heavy atom. The van der Waals surface area contributed by atoms with Crippen molar-refractivity contribution in [2.24, 2.45) is 0 Å². The van der Waals surface area contributed by atoms with Crippen LogP contribution in [0.15, 0.2) is 42.5 Å². The van der Waals surface area contributed by atoms with E-state index in [9.17, 15) is 10.1 Å². The number of likely N-dealkylation sites (tertiary alicyclic amines) is 1. The number of hydrogen-bond donors (Lipinski definition) is 1. The number of para-hydroxylation sites is 1. The van der Waals surface area contributed by atoms with Gasteiger partial charge in [-0.15, -0.1) is 0 Å². The Bertz CT molecular complexity index is 844. The predicted octanol–water partition coefficient (Wildman–Crippen LogP) is 3.94. The summed E-state index contributed by atoms with van der Waals surface area (Å²) >= 11 is 0. The third-order valence-electron chi connectivity index (χ3n) is 4.60. The Hall–Kier alpha value is -3.20. The third kappa shape index (κ3) is 3.42. The Kier molecular flexibility index (Phi) is 5.28. The molecule has 1 unspecified atom stereocenters. The van der Waals surface area contributed by atoms with E-state index < -0.39 is 0 Å². The van der Waals surface area contributed by atoms with E-state index in [1.807, 2.05) is 18.2 Å². The fourth-order valence-corrected chi connectivity index (χ4v) is 3.30. The van der Waals surface area contributed by atoms with E-state index in [2.05, 4.69) is 11.4 Å². The van der Waals surface area contributed by atoms with E-state index in [0.29, 0.717) is 29.3 Å². The van der Waals surface area contributed by atoms with Crippen molar-refractivity contribution in [3.63, 3.8) is 0 Å². The number of hydrogen-bond acceptors (Lipinski definition) is 4. The number of carbonyl (C=O) groups is 1. The van der Waals surface area contributed by atoms with Gasteiger partial charge in [0.05, 0.1) is 31.5 Å². The molecule has 1 saturated heterocycles. The van der Waals surface area contributed by atoms with Gasteiger partial charge in [-0.05, 0) is 37.1 Å². The van der Waals surface area contributed by atoms with Crippen molar-refractivity contribution in [2.75, 3.05) is 26.1 Å². The molecule has 0 aliphatic carbocycles. The fourth-order valence-electron chi connectivity index (χ4n) is 3.30. The van der Waals surface area contributed by atoms with Crippen LogP contribution in [0.5, 0.6) is 11.5 Å². The molecule has 1 fully saturated rings. The van der Waals surface area contributed by atoms with E-state index in [-0.39, 0.29) is 12.1 Å². The maximum atomic E-state index is 12.8. The molecule has 1 aliphatic heterocycles. The summed E-state index contributed by atoms with van der Waals surface area (Å²) in [5.74, 6) is 1.41. The van der Waals surface area contributed by atoms with Gasteiger partial charge >= 0.3 is 6.03 Å². The number of nitriles is 1. The van der Waals surface area contributed by atoms with Crippen molar-refractivity contribution in [1.29, 1.82) is 5.26 Å². The molecule has 134 valence electrons. The fraction of sp³-hybridized carbons (Fsp3) is 0.300. The summed E-state index contributed by atoms with van der Waals surface area (Å²) < 4.78 is 10.8. The minimum absolute atomic E-state index is 0.0786. The minimum Gasteiger partial charge on any atom is -0.497 e. The van der Waals surface area contributed by atoms with E-state index in [0.717, 1.165) is 18.4 Å². The van der Waals surface area contributed by atoms with Crippen molar-refractivity contribution in [2.45, 2.75) is 18.9 Å². The number of amides is 2. The number of benzene rings is 2. The molecular weight excluding hydrogens is 330 g/mol. The number of rotatable bonds is 4. The minimum atomic E-state index is -0.215. The van der Waals surface area contributed by atoms with Crippen LogP contribution >= 0.6 is 0 Å². The summed E-state index contributed by atoms with van der Waals surface area (Å²) in [4.78, 5) is 14.6. The molecule has 1 N–H and O–H groups in total. The van der Waals surface area contributed by atoms with Gasteiger partial charge in [0.25, 0.3) is 0 Å². The van der Waals surface area contributed by atoms with Crippen LogP contribution < -0.4 is 14.8 Å². The zero-order chi connectivity index (χ0) is 18.5. The Morgan fingerprint density at radius 1 is 1.23 bits per heavy atom. The van der Waals surface area contributed by atoms with Crippen LogP contribution in [-0.4, -0.2) is 31.7 Å². The summed E-state index contributed by atoms with van der Waals surface area (Å²) in [6.07, 6.45) is 1.77. The van der Waals surface area contributed by atoms with Crippen molar-refractivity contribution in [1.82, 2.24) is 4.90 Å². The lowest BCUT2D eigenvalue weighted by Crippen LogP contribution is -2.34. The summed E-state index contributed by atoms with van der Waals surface area (Å²) in [6.45, 7) is 0.653. The van der Waals surface area contributed by atoms with Gasteiger partial charge in [-0.3, -0.25) is 0 Å². The average Bonchev–Trinajstić information content (AvgIpc) is 3.17. The number of methoxy groups -OCH3 is 2. The van der Waals surface area contributed by atoms with Crippen LogP contribution in [0.1, 0.15) is 30.0 Å². The first-order valence-corrected chi connectivity index (χ1v) is 8.46. The number of carbonyl (C=O) groups excluding carboxylic acids is 1. The van der Waals surface area contributed by atoms with E-state index >= 15 is 0 Å². The second-order valence-electron chi connectivity index (χ2n) is 6.05. The molecule has 26 heavy (non-hydrogen) atoms. The molecule has 6 heteroatoms. The predicted molar refractivity (Wildman–Crippen MR) is 98.4 cm³/mol. The van der Waals surface area contributed by atoms with Crippen LogP contribution in [0.4, 0.5) is 10.5 Å². The molecule has 0 spiro atoms. The van der Waals surface area contributed by atoms with Gasteiger partial charge in [0.2, 0.25) is 0 Å². The maximum absolute atomic E-state index is 12.8. The number of urea groups is 1. The summed E-state index contributed by atoms with van der Waals surface area (Å²) in [6, 6.07) is 14.4. The molecule has 2 aromatic carbocycles. The smallest absolute Gasteiger partial charge is 0.322 e. The first-order valence-electron chi connectivity index (χ1n) is 8.46. The van der Waals surface area contributed by atoms with Crippen LogP contribution in [-0.2, 0) is 0 Å². The molecule has 3 rings (SSSR count). The normalized spacial score (nSPS) is 16.0. The topological polar surface area (TPSA) is 74.6 Å². The molecule has 2 amide bonds. The van der Waals surface area contributed by atoms with Crippen molar-refractivity contribution < 1.29 is 14.3 Å². The molecule has 1 aliphatic rings. The van der Waals surface area contributed by atoms with Crippen LogP contribution in [0.2, 0.25) is 0 Å². The first kappa shape index (κ1) is 17.6. The zero-order valence-electron chi connectivity index (χ0n) is 14.9. The van der Waals surface area contributed by atoms with Gasteiger partial charge in [-0.1, -0.05) is 12.1 Å². The van der Waals surface area contributed by atoms with Crippen LogP contribution in [0.3, 0.4) is 0 Å². The Balaban J connectivity index is 1.84. The maximum Gasteiger partial charge on any atom is 0.322 e. The largest absolute Gasteiger partial charge is 0.497 e. The zero-order valence-corrected chi connectivity index (χ0v) is 14.9. The Labute approximate surface area is 152 Å². The molecule has 0 aromatic heterocycles. The van der Waals surface area contributed by atoms with Gasteiger partial charge < -0.3 is 19.7 Å². The van der Waals surface area contributed by atoms with Crippen LogP contribution in [0, 0.1) is 11.3 Å². The summed E-state index contributed by atoms with van der Waals surface area (Å²) in [5.41, 5.74) is 1.92. The van der Waals surface area contributed by atoms with Gasteiger partial charge in [-0.2, -0.15) is 5.26 Å². The highest BCUT2D eigenvalue weighted by molar-refractivity contribution is 5.91. The van der Waals surface area contributed by atoms with E-state index in [1.165, 1.54) is 0 Å². The van der Waals surface area contributed by atoms with Gasteiger partial charge in [0.15, 0.2) is 0 Å². The second kappa shape index (κ2) is 7.79. The lowest BCUT2D eigenvalue weighted by atomic mass is 10.0. The molecule has 1 heterocycles. The third-order valence-corrected chi connectivity index (χ3v) is 4.60. The highest BCUT2D eigenvalue weighted by atomic mass is 16.5. The highest BCUT2D eigenvalue weighted by Gasteiger charge is 2.32. The lowest BCUT2D eigenvalue weighted by molar-refractivity contribution is 0.206. The molecule has 0 saturated carbocycles. The van der Waals surface area contributed by atoms with Gasteiger partial charge in [0.1, 0.15) is 17.6 Å². The standard InChI is InChI=1S/C20H21N3O3/c1-25-15-9-10-16(19(12-15)26-2)18-8-5-11-23(18)20(24)22-17-7-4-3-6-14(17)13-21/h3-4,6-7,9-10,12,18H,5,8,11H2,1-2H3,(H,22,24). The molecule has 0 bridgehead atoms. The number of nitrogens with zero attached hydrogens (tertiary/aromatic N) is 2. The molecule has 6 nitrogen and oxygen atoms in total. The monoisotopic (exact) mass is 351 g/mol. The second-order valence-corrected chi connectivity index (χ2v) is 6.05. The lowest BCUT2D eigenvalue weighted by Gasteiger charge is -2.27. The number of ether oxygens (including phenoxy) is 2. The Morgan fingerprint density at radius 3 is 2.77 bits per heavy atom.